The van der Waals surface area contributed by atoms with Crippen LogP contribution in [0.1, 0.15) is 58.9 Å². The second kappa shape index (κ2) is 7.68. The van der Waals surface area contributed by atoms with Gasteiger partial charge < -0.3 is 14.8 Å². The van der Waals surface area contributed by atoms with E-state index in [9.17, 15) is 9.59 Å². The van der Waals surface area contributed by atoms with Gasteiger partial charge in [0.15, 0.2) is 5.82 Å². The second-order valence-electron chi connectivity index (χ2n) is 7.11. The zero-order valence-electron chi connectivity index (χ0n) is 15.0. The van der Waals surface area contributed by atoms with Crippen molar-refractivity contribution in [1.29, 1.82) is 0 Å². The SMILES string of the molecule is O=C(NC1CCCCC1)c1nnc2n1CCN(C(=O)c1ccccc1Cl)C2. The van der Waals surface area contributed by atoms with Gasteiger partial charge in [0.05, 0.1) is 17.1 Å². The van der Waals surface area contributed by atoms with Crippen molar-refractivity contribution >= 4 is 23.4 Å². The topological polar surface area (TPSA) is 80.1 Å². The van der Waals surface area contributed by atoms with E-state index in [2.05, 4.69) is 15.5 Å². The Morgan fingerprint density at radius 1 is 1.07 bits per heavy atom. The lowest BCUT2D eigenvalue weighted by molar-refractivity contribution is 0.0706. The molecule has 1 N–H and O–H groups in total. The molecule has 1 aliphatic heterocycles. The van der Waals surface area contributed by atoms with Crippen LogP contribution in [0.4, 0.5) is 0 Å². The molecule has 7 nitrogen and oxygen atoms in total. The minimum Gasteiger partial charge on any atom is -0.347 e. The molecule has 0 radical (unpaired) electrons. The average Bonchev–Trinajstić information content (AvgIpc) is 3.12. The molecule has 8 heteroatoms. The van der Waals surface area contributed by atoms with Crippen molar-refractivity contribution in [1.82, 2.24) is 25.0 Å². The van der Waals surface area contributed by atoms with E-state index in [-0.39, 0.29) is 17.9 Å². The molecule has 27 heavy (non-hydrogen) atoms. The summed E-state index contributed by atoms with van der Waals surface area (Å²) in [6, 6.07) is 7.23. The maximum absolute atomic E-state index is 12.7. The molecule has 0 atom stereocenters. The molecule has 0 unspecified atom stereocenters. The maximum atomic E-state index is 12.7. The molecule has 1 fully saturated rings. The van der Waals surface area contributed by atoms with Crippen molar-refractivity contribution in [3.05, 3.63) is 46.5 Å². The van der Waals surface area contributed by atoms with Gasteiger partial charge in [-0.2, -0.15) is 0 Å². The summed E-state index contributed by atoms with van der Waals surface area (Å²) in [7, 11) is 0. The van der Waals surface area contributed by atoms with Gasteiger partial charge in [0.1, 0.15) is 0 Å². The molecule has 2 aromatic rings. The van der Waals surface area contributed by atoms with Crippen LogP contribution in [0.2, 0.25) is 5.02 Å². The normalized spacial score (nSPS) is 17.4. The molecule has 1 aromatic heterocycles. The Hall–Kier alpha value is -2.41. The molecule has 0 bridgehead atoms. The number of rotatable bonds is 3. The predicted octanol–water partition coefficient (Wildman–Crippen LogP) is 2.65. The quantitative estimate of drug-likeness (QED) is 0.877. The number of carbonyl (C=O) groups is 2. The number of benzene rings is 1. The maximum Gasteiger partial charge on any atom is 0.289 e. The van der Waals surface area contributed by atoms with Crippen LogP contribution in [0.3, 0.4) is 0 Å². The third-order valence-electron chi connectivity index (χ3n) is 5.29. The Morgan fingerprint density at radius 3 is 2.63 bits per heavy atom. The summed E-state index contributed by atoms with van der Waals surface area (Å²) in [4.78, 5) is 27.0. The minimum atomic E-state index is -0.175. The minimum absolute atomic E-state index is 0.136. The first-order valence-electron chi connectivity index (χ1n) is 9.40. The van der Waals surface area contributed by atoms with Gasteiger partial charge in [0.25, 0.3) is 11.8 Å². The molecule has 2 aliphatic rings. The summed E-state index contributed by atoms with van der Waals surface area (Å²) in [5.41, 5.74) is 0.474. The molecule has 1 aromatic carbocycles. The monoisotopic (exact) mass is 387 g/mol. The summed E-state index contributed by atoms with van der Waals surface area (Å²) in [5.74, 6) is 0.644. The highest BCUT2D eigenvalue weighted by molar-refractivity contribution is 6.33. The summed E-state index contributed by atoms with van der Waals surface area (Å²) in [5, 5.41) is 11.7. The van der Waals surface area contributed by atoms with Gasteiger partial charge in [-0.3, -0.25) is 9.59 Å². The first kappa shape index (κ1) is 18.0. The summed E-state index contributed by atoms with van der Waals surface area (Å²) in [6.07, 6.45) is 5.59. The molecule has 4 rings (SSSR count). The van der Waals surface area contributed by atoms with E-state index in [1.54, 1.807) is 29.2 Å². The van der Waals surface area contributed by atoms with Gasteiger partial charge in [0, 0.05) is 19.1 Å². The highest BCUT2D eigenvalue weighted by Crippen LogP contribution is 2.21. The number of carbonyl (C=O) groups excluding carboxylic acids is 2. The second-order valence-corrected chi connectivity index (χ2v) is 7.51. The zero-order chi connectivity index (χ0) is 18.8. The van der Waals surface area contributed by atoms with Crippen LogP contribution in [0.15, 0.2) is 24.3 Å². The van der Waals surface area contributed by atoms with E-state index in [4.69, 9.17) is 11.6 Å². The Kier molecular flexibility index (Phi) is 5.11. The zero-order valence-corrected chi connectivity index (χ0v) is 15.8. The number of nitrogens with zero attached hydrogens (tertiary/aromatic N) is 4. The first-order valence-corrected chi connectivity index (χ1v) is 9.78. The molecule has 2 amide bonds. The number of halogens is 1. The van der Waals surface area contributed by atoms with Crippen molar-refractivity contribution in [2.75, 3.05) is 6.54 Å². The van der Waals surface area contributed by atoms with Gasteiger partial charge in [-0.15, -0.1) is 10.2 Å². The van der Waals surface area contributed by atoms with Crippen LogP contribution in [0, 0.1) is 0 Å². The Balaban J connectivity index is 1.46. The molecule has 1 saturated carbocycles. The van der Waals surface area contributed by atoms with Gasteiger partial charge in [-0.1, -0.05) is 43.0 Å². The third kappa shape index (κ3) is 3.69. The first-order chi connectivity index (χ1) is 13.1. The lowest BCUT2D eigenvalue weighted by Gasteiger charge is -2.28. The third-order valence-corrected chi connectivity index (χ3v) is 5.62. The number of hydrogen-bond donors (Lipinski definition) is 1. The number of aromatic nitrogens is 3. The van der Waals surface area contributed by atoms with Crippen LogP contribution in [-0.4, -0.2) is 44.1 Å². The van der Waals surface area contributed by atoms with Gasteiger partial charge in [-0.05, 0) is 25.0 Å². The van der Waals surface area contributed by atoms with Crippen LogP contribution >= 0.6 is 11.6 Å². The fraction of sp³-hybridized carbons (Fsp3) is 0.474. The van der Waals surface area contributed by atoms with Crippen LogP contribution in [0.5, 0.6) is 0 Å². The van der Waals surface area contributed by atoms with E-state index in [0.29, 0.717) is 41.9 Å². The van der Waals surface area contributed by atoms with Gasteiger partial charge in [-0.25, -0.2) is 0 Å². The van der Waals surface area contributed by atoms with Crippen molar-refractivity contribution in [3.8, 4) is 0 Å². The molecular formula is C19H22ClN5O2. The van der Waals surface area contributed by atoms with Crippen molar-refractivity contribution in [2.45, 2.75) is 51.2 Å². The number of amides is 2. The van der Waals surface area contributed by atoms with Crippen LogP contribution in [0.25, 0.3) is 0 Å². The average molecular weight is 388 g/mol. The van der Waals surface area contributed by atoms with Crippen molar-refractivity contribution < 1.29 is 9.59 Å². The van der Waals surface area contributed by atoms with Crippen LogP contribution < -0.4 is 5.32 Å². The Labute approximate surface area is 162 Å². The molecular weight excluding hydrogens is 366 g/mol. The summed E-state index contributed by atoms with van der Waals surface area (Å²) in [6.45, 7) is 1.29. The van der Waals surface area contributed by atoms with Gasteiger partial charge in [0.2, 0.25) is 5.82 Å². The summed E-state index contributed by atoms with van der Waals surface area (Å²) >= 11 is 6.14. The number of nitrogens with one attached hydrogen (secondary N) is 1. The van der Waals surface area contributed by atoms with E-state index >= 15 is 0 Å². The molecule has 0 saturated heterocycles. The highest BCUT2D eigenvalue weighted by Gasteiger charge is 2.29. The predicted molar refractivity (Wildman–Crippen MR) is 101 cm³/mol. The largest absolute Gasteiger partial charge is 0.347 e. The van der Waals surface area contributed by atoms with E-state index in [0.717, 1.165) is 25.7 Å². The molecule has 1 aliphatic carbocycles. The van der Waals surface area contributed by atoms with Gasteiger partial charge >= 0.3 is 0 Å². The fourth-order valence-electron chi connectivity index (χ4n) is 3.80. The van der Waals surface area contributed by atoms with Crippen molar-refractivity contribution in [3.63, 3.8) is 0 Å². The lowest BCUT2D eigenvalue weighted by atomic mass is 9.95. The number of fused-ring (bicyclic) bond motifs is 1. The van der Waals surface area contributed by atoms with Crippen LogP contribution in [-0.2, 0) is 13.1 Å². The van der Waals surface area contributed by atoms with E-state index in [1.807, 2.05) is 4.57 Å². The highest BCUT2D eigenvalue weighted by atomic mass is 35.5. The Morgan fingerprint density at radius 2 is 1.85 bits per heavy atom. The molecule has 2 heterocycles. The Bertz CT molecular complexity index is 860. The van der Waals surface area contributed by atoms with Crippen molar-refractivity contribution in [2.24, 2.45) is 0 Å². The number of hydrogen-bond acceptors (Lipinski definition) is 4. The fourth-order valence-corrected chi connectivity index (χ4v) is 4.02. The summed E-state index contributed by atoms with van der Waals surface area (Å²) < 4.78 is 1.81. The van der Waals surface area contributed by atoms with E-state index in [1.165, 1.54) is 6.42 Å². The van der Waals surface area contributed by atoms with E-state index < -0.39 is 0 Å². The lowest BCUT2D eigenvalue weighted by Crippen LogP contribution is -2.41. The molecule has 142 valence electrons. The smallest absolute Gasteiger partial charge is 0.289 e. The standard InChI is InChI=1S/C19H22ClN5O2/c20-15-9-5-4-8-14(15)19(27)24-10-11-25-16(12-24)22-23-17(25)18(26)21-13-6-2-1-3-7-13/h4-5,8-9,13H,1-3,6-7,10-12H2,(H,21,26). The molecule has 0 spiro atoms.